The summed E-state index contributed by atoms with van der Waals surface area (Å²) in [6.07, 6.45) is 1.55. The van der Waals surface area contributed by atoms with Crippen molar-refractivity contribution in [3.8, 4) is 0 Å². The van der Waals surface area contributed by atoms with Gasteiger partial charge in [0.2, 0.25) is 0 Å². The summed E-state index contributed by atoms with van der Waals surface area (Å²) in [5, 5.41) is 6.27. The first kappa shape index (κ1) is 18.4. The van der Waals surface area contributed by atoms with Crippen LogP contribution < -0.4 is 15.5 Å². The van der Waals surface area contributed by atoms with Crippen LogP contribution in [0.5, 0.6) is 0 Å². The predicted octanol–water partition coefficient (Wildman–Crippen LogP) is 2.29. The maximum atomic E-state index is 12.4. The molecule has 1 saturated heterocycles. The number of piperazine rings is 1. The third-order valence-electron chi connectivity index (χ3n) is 4.46. The van der Waals surface area contributed by atoms with Crippen LogP contribution in [0.1, 0.15) is 16.2 Å². The van der Waals surface area contributed by atoms with Crippen molar-refractivity contribution in [3.05, 3.63) is 40.8 Å². The molecule has 0 unspecified atom stereocenters. The van der Waals surface area contributed by atoms with E-state index in [2.05, 4.69) is 37.4 Å². The van der Waals surface area contributed by atoms with Crippen molar-refractivity contribution in [2.75, 3.05) is 50.5 Å². The number of halogens is 1. The van der Waals surface area contributed by atoms with Gasteiger partial charge in [0.1, 0.15) is 10.8 Å². The number of carbonyl (C=O) groups is 1. The molecule has 1 aliphatic heterocycles. The summed E-state index contributed by atoms with van der Waals surface area (Å²) in [6.45, 7) is 5.68. The zero-order valence-corrected chi connectivity index (χ0v) is 16.0. The predicted molar refractivity (Wildman–Crippen MR) is 105 cm³/mol. The lowest BCUT2D eigenvalue weighted by Crippen LogP contribution is -2.44. The molecule has 0 bridgehead atoms. The summed E-state index contributed by atoms with van der Waals surface area (Å²) < 4.78 is 0. The molecule has 2 N–H and O–H groups in total. The molecule has 2 heterocycles. The zero-order chi connectivity index (χ0) is 18.7. The topological polar surface area (TPSA) is 73.4 Å². The molecule has 1 aliphatic rings. The van der Waals surface area contributed by atoms with Crippen LogP contribution in [0.3, 0.4) is 0 Å². The number of amides is 1. The Labute approximate surface area is 158 Å². The van der Waals surface area contributed by atoms with Gasteiger partial charge in [-0.3, -0.25) is 4.79 Å². The van der Waals surface area contributed by atoms with Crippen molar-refractivity contribution in [2.24, 2.45) is 0 Å². The fourth-order valence-electron chi connectivity index (χ4n) is 2.90. The molecule has 0 atom stereocenters. The zero-order valence-electron chi connectivity index (χ0n) is 15.2. The van der Waals surface area contributed by atoms with E-state index in [4.69, 9.17) is 11.6 Å². The molecule has 138 valence electrons. The third-order valence-corrected chi connectivity index (χ3v) is 4.74. The molecule has 3 rings (SSSR count). The Morgan fingerprint density at radius 3 is 2.65 bits per heavy atom. The Morgan fingerprint density at radius 1 is 1.23 bits per heavy atom. The minimum Gasteiger partial charge on any atom is -0.369 e. The van der Waals surface area contributed by atoms with Crippen LogP contribution in [0.2, 0.25) is 5.02 Å². The number of nitrogens with one attached hydrogen (secondary N) is 2. The van der Waals surface area contributed by atoms with Crippen molar-refractivity contribution in [1.82, 2.24) is 20.2 Å². The Kier molecular flexibility index (Phi) is 5.58. The van der Waals surface area contributed by atoms with Crippen LogP contribution in [-0.2, 0) is 0 Å². The van der Waals surface area contributed by atoms with Crippen LogP contribution in [-0.4, -0.2) is 61.0 Å². The molecule has 1 fully saturated rings. The van der Waals surface area contributed by atoms with Crippen LogP contribution in [0.4, 0.5) is 17.2 Å². The van der Waals surface area contributed by atoms with Gasteiger partial charge >= 0.3 is 0 Å². The first-order chi connectivity index (χ1) is 12.5. The minimum absolute atomic E-state index is 0.162. The van der Waals surface area contributed by atoms with Crippen molar-refractivity contribution in [2.45, 2.75) is 6.92 Å². The van der Waals surface area contributed by atoms with Gasteiger partial charge < -0.3 is 20.4 Å². The van der Waals surface area contributed by atoms with E-state index in [1.165, 1.54) is 0 Å². The highest BCUT2D eigenvalue weighted by atomic mass is 35.5. The Morgan fingerprint density at radius 2 is 1.96 bits per heavy atom. The largest absolute Gasteiger partial charge is 0.369 e. The molecular weight excluding hydrogens is 352 g/mol. The number of nitrogens with zero attached hydrogens (tertiary/aromatic N) is 4. The van der Waals surface area contributed by atoms with Gasteiger partial charge in [-0.25, -0.2) is 9.97 Å². The van der Waals surface area contributed by atoms with E-state index in [1.807, 2.05) is 18.2 Å². The smallest absolute Gasteiger partial charge is 0.253 e. The van der Waals surface area contributed by atoms with Crippen molar-refractivity contribution >= 4 is 34.7 Å². The first-order valence-corrected chi connectivity index (χ1v) is 8.91. The van der Waals surface area contributed by atoms with E-state index >= 15 is 0 Å². The van der Waals surface area contributed by atoms with Gasteiger partial charge in [-0.15, -0.1) is 0 Å². The fraction of sp³-hybridized carbons (Fsp3) is 0.389. The quantitative estimate of drug-likeness (QED) is 0.855. The van der Waals surface area contributed by atoms with Gasteiger partial charge in [0.15, 0.2) is 5.82 Å². The van der Waals surface area contributed by atoms with Gasteiger partial charge in [-0.2, -0.15) is 0 Å². The average molecular weight is 375 g/mol. The molecule has 0 aliphatic carbocycles. The summed E-state index contributed by atoms with van der Waals surface area (Å²) in [6, 6.07) is 5.82. The lowest BCUT2D eigenvalue weighted by Gasteiger charge is -2.34. The first-order valence-electron chi connectivity index (χ1n) is 8.53. The lowest BCUT2D eigenvalue weighted by molar-refractivity contribution is 0.0964. The van der Waals surface area contributed by atoms with E-state index in [0.29, 0.717) is 27.9 Å². The number of carbonyl (C=O) groups excluding carboxylic acids is 1. The highest BCUT2D eigenvalue weighted by Gasteiger charge is 2.18. The fourth-order valence-corrected chi connectivity index (χ4v) is 3.03. The molecule has 8 heteroatoms. The van der Waals surface area contributed by atoms with E-state index in [1.54, 1.807) is 20.2 Å². The maximum absolute atomic E-state index is 12.4. The number of hydrogen-bond acceptors (Lipinski definition) is 6. The Balaban J connectivity index is 1.92. The number of aryl methyl sites for hydroxylation is 1. The monoisotopic (exact) mass is 374 g/mol. The highest BCUT2D eigenvalue weighted by Crippen LogP contribution is 2.29. The van der Waals surface area contributed by atoms with Gasteiger partial charge in [-0.1, -0.05) is 11.6 Å². The number of rotatable bonds is 4. The second kappa shape index (κ2) is 7.88. The molecule has 1 aromatic carbocycles. The van der Waals surface area contributed by atoms with Gasteiger partial charge in [0, 0.05) is 38.9 Å². The number of benzene rings is 1. The van der Waals surface area contributed by atoms with Crippen LogP contribution in [0.15, 0.2) is 24.4 Å². The maximum Gasteiger partial charge on any atom is 0.253 e. The van der Waals surface area contributed by atoms with Gasteiger partial charge in [-0.05, 0) is 32.2 Å². The average Bonchev–Trinajstić information content (AvgIpc) is 2.65. The molecule has 1 aromatic heterocycles. The van der Waals surface area contributed by atoms with Crippen molar-refractivity contribution in [3.63, 3.8) is 0 Å². The lowest BCUT2D eigenvalue weighted by atomic mass is 10.1. The van der Waals surface area contributed by atoms with Crippen LogP contribution in [0, 0.1) is 6.92 Å². The third kappa shape index (κ3) is 4.05. The second-order valence-electron chi connectivity index (χ2n) is 6.34. The SMILES string of the molecule is CNC(=O)c1cc(N2CCN(C)CC2)ccc1Nc1nc(C)ncc1Cl. The molecule has 0 saturated carbocycles. The summed E-state index contributed by atoms with van der Waals surface area (Å²) in [7, 11) is 3.74. The van der Waals surface area contributed by atoms with Crippen molar-refractivity contribution in [1.29, 1.82) is 0 Å². The molecular formula is C18H23ClN6O. The Bertz CT molecular complexity index is 804. The Hall–Kier alpha value is -2.38. The van der Waals surface area contributed by atoms with Crippen molar-refractivity contribution < 1.29 is 4.79 Å². The molecule has 0 radical (unpaired) electrons. The van der Waals surface area contributed by atoms with E-state index < -0.39 is 0 Å². The number of hydrogen-bond donors (Lipinski definition) is 2. The van der Waals surface area contributed by atoms with E-state index in [0.717, 1.165) is 31.9 Å². The molecule has 2 aromatic rings. The molecule has 26 heavy (non-hydrogen) atoms. The number of anilines is 3. The summed E-state index contributed by atoms with van der Waals surface area (Å²) in [4.78, 5) is 25.4. The normalized spacial score (nSPS) is 15.0. The van der Waals surface area contributed by atoms with Crippen LogP contribution >= 0.6 is 11.6 Å². The van der Waals surface area contributed by atoms with E-state index in [9.17, 15) is 4.79 Å². The summed E-state index contributed by atoms with van der Waals surface area (Å²) >= 11 is 6.18. The highest BCUT2D eigenvalue weighted by molar-refractivity contribution is 6.32. The summed E-state index contributed by atoms with van der Waals surface area (Å²) in [5.41, 5.74) is 2.24. The second-order valence-corrected chi connectivity index (χ2v) is 6.75. The standard InChI is InChI=1S/C18H23ClN6O/c1-12-21-11-15(19)17(22-12)23-16-5-4-13(10-14(16)18(26)20-2)25-8-6-24(3)7-9-25/h4-5,10-11H,6-9H2,1-3H3,(H,20,26)(H,21,22,23). The van der Waals surface area contributed by atoms with E-state index in [-0.39, 0.29) is 5.91 Å². The van der Waals surface area contributed by atoms with Gasteiger partial charge in [0.05, 0.1) is 17.4 Å². The summed E-state index contributed by atoms with van der Waals surface area (Å²) in [5.74, 6) is 0.925. The molecule has 1 amide bonds. The number of likely N-dealkylation sites (N-methyl/N-ethyl adjacent to an activating group) is 1. The molecule has 0 spiro atoms. The molecule has 7 nitrogen and oxygen atoms in total. The van der Waals surface area contributed by atoms with Crippen LogP contribution in [0.25, 0.3) is 0 Å². The van der Waals surface area contributed by atoms with Gasteiger partial charge in [0.25, 0.3) is 5.91 Å². The number of aromatic nitrogens is 2. The minimum atomic E-state index is -0.162.